The molecular weight excluding hydrogens is 273 g/mol. The van der Waals surface area contributed by atoms with Crippen LogP contribution in [0.5, 0.6) is 0 Å². The molecule has 1 aromatic rings. The van der Waals surface area contributed by atoms with Gasteiger partial charge in [-0.3, -0.25) is 4.79 Å². The summed E-state index contributed by atoms with van der Waals surface area (Å²) in [6.07, 6.45) is 1.84. The number of benzene rings is 1. The van der Waals surface area contributed by atoms with Gasteiger partial charge in [-0.2, -0.15) is 0 Å². The molecule has 1 atom stereocenters. The number of hydrogen-bond donors (Lipinski definition) is 2. The Morgan fingerprint density at radius 1 is 1.42 bits per heavy atom. The summed E-state index contributed by atoms with van der Waals surface area (Å²) in [5.41, 5.74) is 0.00717. The summed E-state index contributed by atoms with van der Waals surface area (Å²) in [4.78, 5) is 22.8. The van der Waals surface area contributed by atoms with E-state index in [1.807, 2.05) is 6.92 Å². The van der Waals surface area contributed by atoms with Gasteiger partial charge in [0.2, 0.25) is 0 Å². The highest BCUT2D eigenvalue weighted by atomic mass is 35.5. The molecule has 0 radical (unpaired) electrons. The molecule has 0 heterocycles. The average molecular weight is 288 g/mol. The van der Waals surface area contributed by atoms with Crippen LogP contribution in [-0.4, -0.2) is 23.0 Å². The molecule has 2 N–H and O–H groups in total. The summed E-state index contributed by atoms with van der Waals surface area (Å²) >= 11 is 5.64. The molecule has 0 saturated heterocycles. The number of carboxylic acids is 1. The lowest BCUT2D eigenvalue weighted by Gasteiger charge is -2.14. The fourth-order valence-corrected chi connectivity index (χ4v) is 1.81. The van der Waals surface area contributed by atoms with Crippen LogP contribution in [0.4, 0.5) is 4.39 Å². The van der Waals surface area contributed by atoms with Crippen molar-refractivity contribution in [2.45, 2.75) is 32.2 Å². The first kappa shape index (κ1) is 15.4. The second-order valence-electron chi connectivity index (χ2n) is 4.16. The molecule has 0 aliphatic rings. The number of unbranched alkanes of at least 4 members (excludes halogenated alkanes) is 1. The van der Waals surface area contributed by atoms with Gasteiger partial charge in [-0.25, -0.2) is 9.18 Å². The average Bonchev–Trinajstić information content (AvgIpc) is 2.32. The summed E-state index contributed by atoms with van der Waals surface area (Å²) in [5.74, 6) is -2.40. The van der Waals surface area contributed by atoms with Crippen molar-refractivity contribution in [3.63, 3.8) is 0 Å². The van der Waals surface area contributed by atoms with Crippen molar-refractivity contribution in [3.8, 4) is 0 Å². The highest BCUT2D eigenvalue weighted by molar-refractivity contribution is 6.31. The normalized spacial score (nSPS) is 11.9. The lowest BCUT2D eigenvalue weighted by molar-refractivity contribution is -0.139. The molecule has 1 unspecified atom stereocenters. The highest BCUT2D eigenvalue weighted by Gasteiger charge is 2.20. The zero-order chi connectivity index (χ0) is 14.4. The zero-order valence-electron chi connectivity index (χ0n) is 10.5. The standard InChI is InChI=1S/C13H15ClFNO3/c1-2-3-4-11(13(18)19)16-12(17)8-5-9(14)7-10(15)6-8/h5-7,11H,2-4H2,1H3,(H,16,17)(H,18,19). The van der Waals surface area contributed by atoms with Crippen LogP contribution >= 0.6 is 11.6 Å². The molecule has 104 valence electrons. The van der Waals surface area contributed by atoms with E-state index in [1.165, 1.54) is 6.07 Å². The van der Waals surface area contributed by atoms with E-state index in [2.05, 4.69) is 5.32 Å². The maximum absolute atomic E-state index is 13.1. The maximum Gasteiger partial charge on any atom is 0.326 e. The molecule has 19 heavy (non-hydrogen) atoms. The third-order valence-electron chi connectivity index (χ3n) is 2.57. The van der Waals surface area contributed by atoms with Crippen LogP contribution < -0.4 is 5.32 Å². The molecule has 1 rings (SSSR count). The van der Waals surface area contributed by atoms with Crippen molar-refractivity contribution < 1.29 is 19.1 Å². The SMILES string of the molecule is CCCCC(NC(=O)c1cc(F)cc(Cl)c1)C(=O)O. The van der Waals surface area contributed by atoms with Gasteiger partial charge in [0.25, 0.3) is 5.91 Å². The predicted octanol–water partition coefficient (Wildman–Crippen LogP) is 2.85. The topological polar surface area (TPSA) is 66.4 Å². The molecule has 6 heteroatoms. The van der Waals surface area contributed by atoms with Crippen molar-refractivity contribution in [2.24, 2.45) is 0 Å². The maximum atomic E-state index is 13.1. The molecule has 0 aliphatic heterocycles. The van der Waals surface area contributed by atoms with Crippen LogP contribution in [0.15, 0.2) is 18.2 Å². The predicted molar refractivity (Wildman–Crippen MR) is 69.8 cm³/mol. The molecule has 0 bridgehead atoms. The van der Waals surface area contributed by atoms with Gasteiger partial charge in [0.05, 0.1) is 0 Å². The van der Waals surface area contributed by atoms with Gasteiger partial charge in [-0.1, -0.05) is 31.4 Å². The Morgan fingerprint density at radius 3 is 2.63 bits per heavy atom. The summed E-state index contributed by atoms with van der Waals surface area (Å²) in [6.45, 7) is 1.92. The molecular formula is C13H15ClFNO3. The number of hydrogen-bond acceptors (Lipinski definition) is 2. The lowest BCUT2D eigenvalue weighted by Crippen LogP contribution is -2.40. The van der Waals surface area contributed by atoms with Gasteiger partial charge in [0.15, 0.2) is 0 Å². The third kappa shape index (κ3) is 4.87. The van der Waals surface area contributed by atoms with Gasteiger partial charge in [0.1, 0.15) is 11.9 Å². The van der Waals surface area contributed by atoms with Gasteiger partial charge < -0.3 is 10.4 Å². The number of amides is 1. The van der Waals surface area contributed by atoms with E-state index in [0.29, 0.717) is 12.8 Å². The fraction of sp³-hybridized carbons (Fsp3) is 0.385. The number of nitrogens with one attached hydrogen (secondary N) is 1. The highest BCUT2D eigenvalue weighted by Crippen LogP contribution is 2.14. The Bertz CT molecular complexity index is 459. The minimum absolute atomic E-state index is 0.00717. The monoisotopic (exact) mass is 287 g/mol. The Hall–Kier alpha value is -1.62. The number of carbonyl (C=O) groups excluding carboxylic acids is 1. The van der Waals surface area contributed by atoms with Crippen LogP contribution in [0.1, 0.15) is 36.5 Å². The smallest absolute Gasteiger partial charge is 0.326 e. The second-order valence-corrected chi connectivity index (χ2v) is 4.60. The van der Waals surface area contributed by atoms with Crippen LogP contribution in [-0.2, 0) is 4.79 Å². The van der Waals surface area contributed by atoms with Crippen LogP contribution in [0.25, 0.3) is 0 Å². The molecule has 0 aromatic heterocycles. The van der Waals surface area contributed by atoms with Crippen molar-refractivity contribution in [1.82, 2.24) is 5.32 Å². The summed E-state index contributed by atoms with van der Waals surface area (Å²) in [6, 6.07) is 2.40. The van der Waals surface area contributed by atoms with E-state index in [1.54, 1.807) is 0 Å². The Morgan fingerprint density at radius 2 is 2.11 bits per heavy atom. The molecule has 0 aliphatic carbocycles. The quantitative estimate of drug-likeness (QED) is 0.845. The van der Waals surface area contributed by atoms with Gasteiger partial charge in [-0.05, 0) is 24.6 Å². The summed E-state index contributed by atoms with van der Waals surface area (Å²) < 4.78 is 13.1. The van der Waals surface area contributed by atoms with Crippen molar-refractivity contribution in [1.29, 1.82) is 0 Å². The van der Waals surface area contributed by atoms with Crippen LogP contribution in [0, 0.1) is 5.82 Å². The van der Waals surface area contributed by atoms with E-state index in [9.17, 15) is 14.0 Å². The molecule has 0 saturated carbocycles. The first-order chi connectivity index (χ1) is 8.93. The first-order valence-corrected chi connectivity index (χ1v) is 6.31. The number of carbonyl (C=O) groups is 2. The Kier molecular flexibility index (Phi) is 5.76. The largest absolute Gasteiger partial charge is 0.480 e. The van der Waals surface area contributed by atoms with Gasteiger partial charge in [0, 0.05) is 10.6 Å². The van der Waals surface area contributed by atoms with E-state index in [4.69, 9.17) is 16.7 Å². The minimum Gasteiger partial charge on any atom is -0.480 e. The molecule has 4 nitrogen and oxygen atoms in total. The van der Waals surface area contributed by atoms with E-state index >= 15 is 0 Å². The van der Waals surface area contributed by atoms with Crippen molar-refractivity contribution in [2.75, 3.05) is 0 Å². The second kappa shape index (κ2) is 7.09. The zero-order valence-corrected chi connectivity index (χ0v) is 11.2. The fourth-order valence-electron chi connectivity index (χ4n) is 1.59. The molecule has 1 amide bonds. The lowest BCUT2D eigenvalue weighted by atomic mass is 10.1. The molecule has 1 aromatic carbocycles. The van der Waals surface area contributed by atoms with Crippen LogP contribution in [0.3, 0.4) is 0 Å². The van der Waals surface area contributed by atoms with Gasteiger partial charge >= 0.3 is 5.97 Å². The number of halogens is 2. The minimum atomic E-state index is -1.11. The third-order valence-corrected chi connectivity index (χ3v) is 2.79. The summed E-state index contributed by atoms with van der Waals surface area (Å²) in [5, 5.41) is 11.4. The molecule has 0 spiro atoms. The van der Waals surface area contributed by atoms with Crippen molar-refractivity contribution in [3.05, 3.63) is 34.6 Å². The molecule has 0 fully saturated rings. The van der Waals surface area contributed by atoms with E-state index in [-0.39, 0.29) is 10.6 Å². The number of aliphatic carboxylic acids is 1. The Balaban J connectivity index is 2.78. The van der Waals surface area contributed by atoms with Gasteiger partial charge in [-0.15, -0.1) is 0 Å². The summed E-state index contributed by atoms with van der Waals surface area (Å²) in [7, 11) is 0. The van der Waals surface area contributed by atoms with E-state index in [0.717, 1.165) is 18.6 Å². The Labute approximate surface area is 115 Å². The van der Waals surface area contributed by atoms with E-state index < -0.39 is 23.7 Å². The number of rotatable bonds is 6. The van der Waals surface area contributed by atoms with Crippen molar-refractivity contribution >= 4 is 23.5 Å². The first-order valence-electron chi connectivity index (χ1n) is 5.93. The van der Waals surface area contributed by atoms with Crippen LogP contribution in [0.2, 0.25) is 5.02 Å². The number of carboxylic acid groups (broad SMARTS) is 1.